The third kappa shape index (κ3) is 4.41. The molecule has 7 heteroatoms. The van der Waals surface area contributed by atoms with Gasteiger partial charge < -0.3 is 16.3 Å². The van der Waals surface area contributed by atoms with Gasteiger partial charge in [0.05, 0.1) is 11.4 Å². The number of nitrogens with two attached hydrogens (primary N) is 1. The number of amides is 1. The van der Waals surface area contributed by atoms with Crippen LogP contribution < -0.4 is 11.1 Å². The van der Waals surface area contributed by atoms with E-state index in [-0.39, 0.29) is 18.2 Å². The zero-order chi connectivity index (χ0) is 11.1. The molecular weight excluding hydrogens is 216 g/mol. The number of oxime groups is 1. The van der Waals surface area contributed by atoms with Crippen LogP contribution in [0.4, 0.5) is 0 Å². The fourth-order valence-corrected chi connectivity index (χ4v) is 1.57. The Bertz CT molecular complexity index is 336. The van der Waals surface area contributed by atoms with Gasteiger partial charge in [-0.1, -0.05) is 5.16 Å². The average molecular weight is 228 g/mol. The van der Waals surface area contributed by atoms with E-state index < -0.39 is 0 Å². The van der Waals surface area contributed by atoms with E-state index in [0.29, 0.717) is 13.0 Å². The Balaban J connectivity index is 2.18. The van der Waals surface area contributed by atoms with Crippen molar-refractivity contribution in [2.45, 2.75) is 12.8 Å². The molecule has 0 unspecified atom stereocenters. The minimum Gasteiger partial charge on any atom is -0.409 e. The van der Waals surface area contributed by atoms with Crippen LogP contribution in [0.5, 0.6) is 0 Å². The summed E-state index contributed by atoms with van der Waals surface area (Å²) in [5.74, 6) is -0.358. The Morgan fingerprint density at radius 2 is 2.53 bits per heavy atom. The summed E-state index contributed by atoms with van der Waals surface area (Å²) in [7, 11) is 0. The predicted molar refractivity (Wildman–Crippen MR) is 56.9 cm³/mol. The molecular formula is C8H12N4O2S. The van der Waals surface area contributed by atoms with E-state index in [4.69, 9.17) is 10.9 Å². The van der Waals surface area contributed by atoms with E-state index in [2.05, 4.69) is 15.5 Å². The van der Waals surface area contributed by atoms with Crippen molar-refractivity contribution in [2.24, 2.45) is 10.9 Å². The summed E-state index contributed by atoms with van der Waals surface area (Å²) in [6, 6.07) is 0. The summed E-state index contributed by atoms with van der Waals surface area (Å²) >= 11 is 1.54. The van der Waals surface area contributed by atoms with Crippen LogP contribution in [0.1, 0.15) is 11.4 Å². The van der Waals surface area contributed by atoms with E-state index in [1.807, 2.05) is 5.38 Å². The molecule has 82 valence electrons. The summed E-state index contributed by atoms with van der Waals surface area (Å²) in [5.41, 5.74) is 5.17. The normalized spacial score (nSPS) is 11.3. The Labute approximate surface area is 90.8 Å². The van der Waals surface area contributed by atoms with E-state index in [9.17, 15) is 4.79 Å². The maximum Gasteiger partial charge on any atom is 0.227 e. The molecule has 1 heterocycles. The summed E-state index contributed by atoms with van der Waals surface area (Å²) in [6.07, 6.45) is 2.33. The van der Waals surface area contributed by atoms with Gasteiger partial charge in [0, 0.05) is 24.5 Å². The van der Waals surface area contributed by atoms with E-state index >= 15 is 0 Å². The molecule has 0 radical (unpaired) electrons. The Kier molecular flexibility index (Phi) is 4.55. The number of carbonyl (C=O) groups excluding carboxylic acids is 1. The van der Waals surface area contributed by atoms with E-state index in [0.717, 1.165) is 5.01 Å². The van der Waals surface area contributed by atoms with Crippen molar-refractivity contribution in [1.82, 2.24) is 10.3 Å². The number of rotatable bonds is 5. The lowest BCUT2D eigenvalue weighted by Gasteiger charge is -2.02. The third-order valence-corrected chi connectivity index (χ3v) is 2.45. The highest BCUT2D eigenvalue weighted by atomic mass is 32.1. The topological polar surface area (TPSA) is 101 Å². The van der Waals surface area contributed by atoms with Gasteiger partial charge in [-0.05, 0) is 0 Å². The Morgan fingerprint density at radius 3 is 3.13 bits per heavy atom. The maximum atomic E-state index is 11.1. The van der Waals surface area contributed by atoms with Crippen molar-refractivity contribution in [3.05, 3.63) is 16.6 Å². The van der Waals surface area contributed by atoms with Crippen LogP contribution in [0.15, 0.2) is 16.7 Å². The molecule has 1 aromatic rings. The molecule has 0 bridgehead atoms. The highest BCUT2D eigenvalue weighted by Crippen LogP contribution is 2.03. The molecule has 0 aromatic carbocycles. The Hall–Kier alpha value is -1.63. The molecule has 1 amide bonds. The van der Waals surface area contributed by atoms with Crippen LogP contribution >= 0.6 is 11.3 Å². The van der Waals surface area contributed by atoms with Gasteiger partial charge in [0.2, 0.25) is 5.91 Å². The summed E-state index contributed by atoms with van der Waals surface area (Å²) in [4.78, 5) is 15.2. The van der Waals surface area contributed by atoms with Crippen molar-refractivity contribution >= 4 is 23.1 Å². The standard InChI is InChI=1S/C8H12N4O2S/c9-6(12-14)5-7(13)10-2-1-8-11-3-4-15-8/h3-4,14H,1-2,5H2,(H2,9,12)(H,10,13). The minimum atomic E-state index is -0.262. The van der Waals surface area contributed by atoms with Crippen molar-refractivity contribution in [3.63, 3.8) is 0 Å². The van der Waals surface area contributed by atoms with Gasteiger partial charge in [0.1, 0.15) is 5.84 Å². The lowest BCUT2D eigenvalue weighted by molar-refractivity contribution is -0.119. The molecule has 0 fully saturated rings. The second kappa shape index (κ2) is 5.97. The van der Waals surface area contributed by atoms with Gasteiger partial charge in [0.25, 0.3) is 0 Å². The lowest BCUT2D eigenvalue weighted by atomic mass is 10.3. The Morgan fingerprint density at radius 1 is 1.73 bits per heavy atom. The SMILES string of the molecule is NC(CC(=O)NCCc1nccs1)=NO. The van der Waals surface area contributed by atoms with Gasteiger partial charge in [-0.3, -0.25) is 4.79 Å². The average Bonchev–Trinajstić information content (AvgIpc) is 2.70. The first-order valence-corrected chi connectivity index (χ1v) is 5.22. The first kappa shape index (κ1) is 11.4. The fraction of sp³-hybridized carbons (Fsp3) is 0.375. The van der Waals surface area contributed by atoms with Crippen LogP contribution in [0.2, 0.25) is 0 Å². The number of carbonyl (C=O) groups is 1. The molecule has 0 saturated carbocycles. The van der Waals surface area contributed by atoms with Crippen LogP contribution in [-0.2, 0) is 11.2 Å². The van der Waals surface area contributed by atoms with Gasteiger partial charge in [0.15, 0.2) is 0 Å². The zero-order valence-electron chi connectivity index (χ0n) is 8.01. The zero-order valence-corrected chi connectivity index (χ0v) is 8.83. The number of thiazole rings is 1. The van der Waals surface area contributed by atoms with Crippen molar-refractivity contribution in [1.29, 1.82) is 0 Å². The first-order valence-electron chi connectivity index (χ1n) is 4.34. The van der Waals surface area contributed by atoms with E-state index in [1.165, 1.54) is 0 Å². The van der Waals surface area contributed by atoms with Crippen molar-refractivity contribution < 1.29 is 10.0 Å². The highest BCUT2D eigenvalue weighted by molar-refractivity contribution is 7.09. The molecule has 4 N–H and O–H groups in total. The molecule has 1 aromatic heterocycles. The number of hydrogen-bond donors (Lipinski definition) is 3. The monoisotopic (exact) mass is 228 g/mol. The second-order valence-electron chi connectivity index (χ2n) is 2.79. The van der Waals surface area contributed by atoms with Gasteiger partial charge in [-0.25, -0.2) is 4.98 Å². The van der Waals surface area contributed by atoms with Gasteiger partial charge in [-0.15, -0.1) is 11.3 Å². The number of nitrogens with zero attached hydrogens (tertiary/aromatic N) is 2. The van der Waals surface area contributed by atoms with Gasteiger partial charge >= 0.3 is 0 Å². The smallest absolute Gasteiger partial charge is 0.227 e. The summed E-state index contributed by atoms with van der Waals surface area (Å²) in [6.45, 7) is 0.505. The van der Waals surface area contributed by atoms with Crippen LogP contribution in [-0.4, -0.2) is 28.5 Å². The van der Waals surface area contributed by atoms with Crippen molar-refractivity contribution in [3.8, 4) is 0 Å². The van der Waals surface area contributed by atoms with Gasteiger partial charge in [-0.2, -0.15) is 0 Å². The molecule has 1 rings (SSSR count). The lowest BCUT2D eigenvalue weighted by Crippen LogP contribution is -2.30. The minimum absolute atomic E-state index is 0.0889. The molecule has 0 aliphatic rings. The van der Waals surface area contributed by atoms with Crippen molar-refractivity contribution in [2.75, 3.05) is 6.54 Å². The first-order chi connectivity index (χ1) is 7.22. The molecule has 0 aliphatic carbocycles. The number of nitrogens with one attached hydrogen (secondary N) is 1. The maximum absolute atomic E-state index is 11.1. The predicted octanol–water partition coefficient (Wildman–Crippen LogP) is -0.0617. The molecule has 0 aliphatic heterocycles. The molecule has 0 saturated heterocycles. The van der Waals surface area contributed by atoms with Crippen LogP contribution in [0, 0.1) is 0 Å². The van der Waals surface area contributed by atoms with Crippen LogP contribution in [0.25, 0.3) is 0 Å². The van der Waals surface area contributed by atoms with Crippen LogP contribution in [0.3, 0.4) is 0 Å². The second-order valence-corrected chi connectivity index (χ2v) is 3.77. The number of amidine groups is 1. The molecule has 0 atom stereocenters. The van der Waals surface area contributed by atoms with E-state index in [1.54, 1.807) is 17.5 Å². The number of hydrogen-bond acceptors (Lipinski definition) is 5. The fourth-order valence-electron chi connectivity index (χ4n) is 0.948. The largest absolute Gasteiger partial charge is 0.409 e. The summed E-state index contributed by atoms with van der Waals surface area (Å²) in [5, 5.41) is 16.4. The highest BCUT2D eigenvalue weighted by Gasteiger charge is 2.04. The molecule has 0 spiro atoms. The summed E-state index contributed by atoms with van der Waals surface area (Å²) < 4.78 is 0. The third-order valence-electron chi connectivity index (χ3n) is 1.61. The number of aromatic nitrogens is 1. The molecule has 6 nitrogen and oxygen atoms in total. The quantitative estimate of drug-likeness (QED) is 0.284. The molecule has 15 heavy (non-hydrogen) atoms.